The second-order valence-corrected chi connectivity index (χ2v) is 7.82. The molecule has 0 unspecified atom stereocenters. The van der Waals surface area contributed by atoms with E-state index in [1.807, 2.05) is 25.1 Å². The summed E-state index contributed by atoms with van der Waals surface area (Å²) in [7, 11) is 0. The van der Waals surface area contributed by atoms with E-state index in [0.29, 0.717) is 34.0 Å². The van der Waals surface area contributed by atoms with Gasteiger partial charge in [0.25, 0.3) is 0 Å². The van der Waals surface area contributed by atoms with E-state index in [1.54, 1.807) is 24.4 Å². The van der Waals surface area contributed by atoms with Crippen molar-refractivity contribution in [1.82, 2.24) is 10.2 Å². The number of aliphatic carboxylic acids is 1. The van der Waals surface area contributed by atoms with E-state index in [4.69, 9.17) is 16.7 Å². The van der Waals surface area contributed by atoms with Crippen molar-refractivity contribution >= 4 is 45.7 Å². The Labute approximate surface area is 193 Å². The maximum atomic E-state index is 14.9. The van der Waals surface area contributed by atoms with Gasteiger partial charge in [-0.25, -0.2) is 13.6 Å². The van der Waals surface area contributed by atoms with E-state index in [9.17, 15) is 13.6 Å². The maximum Gasteiger partial charge on any atom is 0.328 e. The number of rotatable bonds is 6. The minimum atomic E-state index is -1.04. The van der Waals surface area contributed by atoms with E-state index in [2.05, 4.69) is 10.2 Å². The average Bonchev–Trinajstić information content (AvgIpc) is 3.26. The van der Waals surface area contributed by atoms with Crippen LogP contribution in [0.3, 0.4) is 0 Å². The van der Waals surface area contributed by atoms with Crippen LogP contribution in [0.15, 0.2) is 66.9 Å². The molecule has 3 aromatic carbocycles. The molecular weight excluding hydrogens is 446 g/mol. The predicted octanol–water partition coefficient (Wildman–Crippen LogP) is 6.96. The fraction of sp³-hybridized carbons (Fsp3) is 0.0769. The number of aromatic amines is 1. The van der Waals surface area contributed by atoms with Crippen LogP contribution in [0, 0.1) is 11.6 Å². The quantitative estimate of drug-likeness (QED) is 0.239. The number of hydrogen-bond donors (Lipinski definition) is 2. The number of nitrogens with one attached hydrogen (secondary N) is 1. The third kappa shape index (κ3) is 4.71. The molecule has 0 atom stereocenters. The van der Waals surface area contributed by atoms with E-state index >= 15 is 0 Å². The Morgan fingerprint density at radius 1 is 1.09 bits per heavy atom. The van der Waals surface area contributed by atoms with Crippen LogP contribution in [0.4, 0.5) is 8.78 Å². The number of allylic oxidation sites excluding steroid dienone is 1. The van der Waals surface area contributed by atoms with Gasteiger partial charge in [-0.1, -0.05) is 48.9 Å². The lowest BCUT2D eigenvalue weighted by Crippen LogP contribution is -1.97. The molecule has 0 spiro atoms. The minimum absolute atomic E-state index is 0.259. The number of H-pyrrole nitrogens is 1. The molecule has 0 aliphatic rings. The number of aromatic nitrogens is 2. The Kier molecular flexibility index (Phi) is 6.38. The summed E-state index contributed by atoms with van der Waals surface area (Å²) in [6.07, 6.45) is 4.65. The molecule has 166 valence electrons. The molecule has 0 fully saturated rings. The fourth-order valence-corrected chi connectivity index (χ4v) is 4.12. The lowest BCUT2D eigenvalue weighted by atomic mass is 9.87. The van der Waals surface area contributed by atoms with Gasteiger partial charge in [-0.3, -0.25) is 5.10 Å². The molecule has 33 heavy (non-hydrogen) atoms. The van der Waals surface area contributed by atoms with Crippen molar-refractivity contribution in [3.05, 3.63) is 106 Å². The number of carboxylic acid groups (broad SMARTS) is 1. The van der Waals surface area contributed by atoms with Crippen LogP contribution in [-0.4, -0.2) is 21.3 Å². The first-order valence-corrected chi connectivity index (χ1v) is 10.6. The second-order valence-electron chi connectivity index (χ2n) is 7.42. The largest absolute Gasteiger partial charge is 0.478 e. The van der Waals surface area contributed by atoms with Gasteiger partial charge >= 0.3 is 5.97 Å². The van der Waals surface area contributed by atoms with E-state index < -0.39 is 17.6 Å². The zero-order valence-electron chi connectivity index (χ0n) is 17.6. The molecule has 4 nitrogen and oxygen atoms in total. The predicted molar refractivity (Wildman–Crippen MR) is 127 cm³/mol. The molecule has 0 aliphatic heterocycles. The highest BCUT2D eigenvalue weighted by Crippen LogP contribution is 2.38. The van der Waals surface area contributed by atoms with Gasteiger partial charge in [0.2, 0.25) is 0 Å². The number of fused-ring (bicyclic) bond motifs is 1. The van der Waals surface area contributed by atoms with Crippen molar-refractivity contribution < 1.29 is 18.7 Å². The normalized spacial score (nSPS) is 12.4. The van der Waals surface area contributed by atoms with Crippen LogP contribution < -0.4 is 0 Å². The Morgan fingerprint density at radius 2 is 1.85 bits per heavy atom. The summed E-state index contributed by atoms with van der Waals surface area (Å²) in [5.74, 6) is -1.93. The highest BCUT2D eigenvalue weighted by Gasteiger charge is 2.18. The topological polar surface area (TPSA) is 66.0 Å². The Balaban J connectivity index is 1.97. The molecule has 0 amide bonds. The minimum Gasteiger partial charge on any atom is -0.478 e. The monoisotopic (exact) mass is 464 g/mol. The summed E-state index contributed by atoms with van der Waals surface area (Å²) in [5.41, 5.74) is 4.62. The van der Waals surface area contributed by atoms with Crippen LogP contribution in [0.5, 0.6) is 0 Å². The van der Waals surface area contributed by atoms with E-state index in [-0.39, 0.29) is 5.02 Å². The summed E-state index contributed by atoms with van der Waals surface area (Å²) in [5, 5.41) is 16.3. The molecule has 0 bridgehead atoms. The van der Waals surface area contributed by atoms with Gasteiger partial charge in [-0.2, -0.15) is 5.10 Å². The first-order valence-electron chi connectivity index (χ1n) is 10.2. The smallest absolute Gasteiger partial charge is 0.328 e. The van der Waals surface area contributed by atoms with Gasteiger partial charge < -0.3 is 5.11 Å². The first-order chi connectivity index (χ1) is 15.9. The number of hydrogen-bond acceptors (Lipinski definition) is 2. The summed E-state index contributed by atoms with van der Waals surface area (Å²) < 4.78 is 28.6. The Morgan fingerprint density at radius 3 is 2.52 bits per heavy atom. The molecule has 4 aromatic rings. The third-order valence-corrected chi connectivity index (χ3v) is 5.63. The van der Waals surface area contributed by atoms with Crippen molar-refractivity contribution in [2.24, 2.45) is 0 Å². The van der Waals surface area contributed by atoms with Gasteiger partial charge in [-0.05, 0) is 70.2 Å². The molecule has 1 heterocycles. The molecule has 1 aromatic heterocycles. The Bertz CT molecular complexity index is 1410. The van der Waals surface area contributed by atoms with Crippen LogP contribution in [0.25, 0.3) is 28.1 Å². The van der Waals surface area contributed by atoms with E-state index in [0.717, 1.165) is 22.8 Å². The SMILES string of the molecule is CC/C(=C(/c1ccc(/C=C/C(=O)O)cc1)c1cc(F)c2[nH]ncc2c1)c1ccc(F)cc1Cl. The average molecular weight is 465 g/mol. The molecule has 0 radical (unpaired) electrons. The van der Waals surface area contributed by atoms with Gasteiger partial charge in [0.1, 0.15) is 17.2 Å². The van der Waals surface area contributed by atoms with E-state index in [1.165, 1.54) is 24.3 Å². The highest BCUT2D eigenvalue weighted by atomic mass is 35.5. The second kappa shape index (κ2) is 9.38. The number of nitrogens with zero attached hydrogens (tertiary/aromatic N) is 1. The molecule has 7 heteroatoms. The van der Waals surface area contributed by atoms with Crippen molar-refractivity contribution in [2.75, 3.05) is 0 Å². The zero-order chi connectivity index (χ0) is 23.5. The summed E-state index contributed by atoms with van der Waals surface area (Å²) >= 11 is 6.40. The highest BCUT2D eigenvalue weighted by molar-refractivity contribution is 6.32. The number of carbonyl (C=O) groups is 1. The van der Waals surface area contributed by atoms with Gasteiger partial charge in [-0.15, -0.1) is 0 Å². The van der Waals surface area contributed by atoms with Crippen LogP contribution in [-0.2, 0) is 4.79 Å². The Hall–Kier alpha value is -3.77. The van der Waals surface area contributed by atoms with Crippen LogP contribution >= 0.6 is 11.6 Å². The van der Waals surface area contributed by atoms with Crippen LogP contribution in [0.2, 0.25) is 5.02 Å². The summed E-state index contributed by atoms with van der Waals surface area (Å²) in [6.45, 7) is 1.95. The van der Waals surface area contributed by atoms with Crippen molar-refractivity contribution in [1.29, 1.82) is 0 Å². The third-order valence-electron chi connectivity index (χ3n) is 5.32. The number of carboxylic acids is 1. The molecule has 2 N–H and O–H groups in total. The molecule has 0 aliphatic carbocycles. The number of benzene rings is 3. The number of halogens is 3. The summed E-state index contributed by atoms with van der Waals surface area (Å²) in [4.78, 5) is 10.8. The van der Waals surface area contributed by atoms with Gasteiger partial charge in [0.05, 0.1) is 11.2 Å². The lowest BCUT2D eigenvalue weighted by molar-refractivity contribution is -0.131. The van der Waals surface area contributed by atoms with Crippen LogP contribution in [0.1, 0.15) is 35.6 Å². The maximum absolute atomic E-state index is 14.9. The van der Waals surface area contributed by atoms with Gasteiger partial charge in [0, 0.05) is 11.5 Å². The zero-order valence-corrected chi connectivity index (χ0v) is 18.3. The lowest BCUT2D eigenvalue weighted by Gasteiger charge is -2.18. The molecule has 0 saturated heterocycles. The molecule has 4 rings (SSSR count). The first kappa shape index (κ1) is 22.4. The van der Waals surface area contributed by atoms with Gasteiger partial charge in [0.15, 0.2) is 0 Å². The standard InChI is InChI=1S/C26H19ClF2N2O2/c1-2-20(21-9-8-19(28)13-22(21)27)25(16-6-3-15(4-7-16)5-10-24(32)33)17-11-18-14-30-31-26(18)23(29)12-17/h3-14H,2H2,1H3,(H,30,31)(H,32,33)/b10-5+,25-20+. The fourth-order valence-electron chi connectivity index (χ4n) is 3.84. The van der Waals surface area contributed by atoms with Crippen molar-refractivity contribution in [3.63, 3.8) is 0 Å². The summed E-state index contributed by atoms with van der Waals surface area (Å²) in [6, 6.07) is 14.7. The van der Waals surface area contributed by atoms with Crippen molar-refractivity contribution in [3.8, 4) is 0 Å². The molecule has 0 saturated carbocycles. The molecular formula is C26H19ClF2N2O2. The van der Waals surface area contributed by atoms with Crippen molar-refractivity contribution in [2.45, 2.75) is 13.3 Å².